The number of rotatable bonds is 6. The molecular weight excluding hydrogens is 345 g/mol. The van der Waals surface area contributed by atoms with E-state index in [1.165, 1.54) is 30.9 Å². The van der Waals surface area contributed by atoms with Gasteiger partial charge in [-0.3, -0.25) is 9.36 Å². The molecule has 0 aromatic carbocycles. The molecule has 0 saturated carbocycles. The average molecular weight is 371 g/mol. The van der Waals surface area contributed by atoms with Gasteiger partial charge in [-0.2, -0.15) is 4.98 Å². The number of nitrogens with zero attached hydrogens (tertiary/aromatic N) is 2. The summed E-state index contributed by atoms with van der Waals surface area (Å²) in [6.07, 6.45) is 4.42. The third-order valence-corrected chi connectivity index (χ3v) is 5.48. The summed E-state index contributed by atoms with van der Waals surface area (Å²) in [5, 5.41) is 12.9. The van der Waals surface area contributed by atoms with E-state index in [0.29, 0.717) is 6.42 Å². The van der Waals surface area contributed by atoms with Gasteiger partial charge in [-0.15, -0.1) is 13.2 Å². The van der Waals surface area contributed by atoms with Gasteiger partial charge < -0.3 is 19.9 Å². The highest BCUT2D eigenvalue weighted by atomic mass is 31.2. The van der Waals surface area contributed by atoms with Crippen LogP contribution in [0.4, 0.5) is 5.82 Å². The molecule has 0 radical (unpaired) electrons. The molecule has 9 heteroatoms. The molecule has 0 aliphatic carbocycles. The molecule has 8 nitrogen and oxygen atoms in total. The van der Waals surface area contributed by atoms with Crippen LogP contribution in [0.3, 0.4) is 0 Å². The van der Waals surface area contributed by atoms with Crippen molar-refractivity contribution >= 4 is 24.9 Å². The van der Waals surface area contributed by atoms with E-state index < -0.39 is 37.1 Å². The Morgan fingerprint density at radius 3 is 2.76 bits per heavy atom. The van der Waals surface area contributed by atoms with Crippen molar-refractivity contribution in [2.75, 3.05) is 31.9 Å². The standard InChI is InChI=1S/C16H26N3O5P/c1-10(20)17-12-6-8-19(16(22)18-12)15-14(23-2)13(21)11(24-15)7-9-25(3,4)5/h6,8,11,13-15,21H,3,7,9H2,1-2,4-5H3,(H,17,18,20,22)/t11?,13-,14-,15-/m1/s1. The quantitative estimate of drug-likeness (QED) is 0.709. The monoisotopic (exact) mass is 371 g/mol. The molecule has 2 rings (SSSR count). The van der Waals surface area contributed by atoms with Gasteiger partial charge in [0, 0.05) is 20.2 Å². The van der Waals surface area contributed by atoms with Crippen LogP contribution >= 0.6 is 6.89 Å². The highest BCUT2D eigenvalue weighted by molar-refractivity contribution is 7.72. The predicted molar refractivity (Wildman–Crippen MR) is 98.9 cm³/mol. The number of aliphatic hydroxyl groups excluding tert-OH is 1. The van der Waals surface area contributed by atoms with E-state index in [4.69, 9.17) is 9.47 Å². The van der Waals surface area contributed by atoms with Gasteiger partial charge in [0.15, 0.2) is 6.23 Å². The zero-order chi connectivity index (χ0) is 18.8. The Morgan fingerprint density at radius 2 is 2.24 bits per heavy atom. The van der Waals surface area contributed by atoms with Crippen molar-refractivity contribution < 1.29 is 19.4 Å². The van der Waals surface area contributed by atoms with Gasteiger partial charge in [0.1, 0.15) is 18.0 Å². The predicted octanol–water partition coefficient (Wildman–Crippen LogP) is 0.574. The van der Waals surface area contributed by atoms with Crippen molar-refractivity contribution in [2.45, 2.75) is 37.9 Å². The Bertz CT molecular complexity index is 729. The van der Waals surface area contributed by atoms with Gasteiger partial charge in [-0.05, 0) is 32.0 Å². The number of hydrogen-bond acceptors (Lipinski definition) is 6. The fourth-order valence-corrected chi connectivity index (χ4v) is 3.72. The fourth-order valence-electron chi connectivity index (χ4n) is 2.77. The summed E-state index contributed by atoms with van der Waals surface area (Å²) in [6.45, 7) is 4.33. The first-order valence-electron chi connectivity index (χ1n) is 8.03. The molecule has 1 aromatic heterocycles. The maximum atomic E-state index is 12.3. The molecule has 1 saturated heterocycles. The second-order valence-electron chi connectivity index (χ2n) is 6.89. The number of carbonyl (C=O) groups excluding carboxylic acids is 1. The number of methoxy groups -OCH3 is 1. The minimum atomic E-state index is -1.25. The molecule has 1 aliphatic heterocycles. The Balaban J connectivity index is 2.21. The number of amides is 1. The Morgan fingerprint density at radius 1 is 1.56 bits per heavy atom. The first-order valence-corrected chi connectivity index (χ1v) is 11.1. The minimum Gasteiger partial charge on any atom is -0.388 e. The SMILES string of the molecule is C=P(C)(C)CCC1O[C@@H](n2ccc(NC(C)=O)nc2=O)[C@H](OC)[C@@H]1O. The number of nitrogens with one attached hydrogen (secondary N) is 1. The number of aliphatic hydroxyl groups is 1. The van der Waals surface area contributed by atoms with Crippen molar-refractivity contribution in [2.24, 2.45) is 0 Å². The fraction of sp³-hybridized carbons (Fsp3) is 0.625. The second-order valence-corrected chi connectivity index (χ2v) is 11.2. The highest BCUT2D eigenvalue weighted by Crippen LogP contribution is 2.39. The van der Waals surface area contributed by atoms with Crippen LogP contribution in [0.1, 0.15) is 19.6 Å². The van der Waals surface area contributed by atoms with Crippen LogP contribution in [0.5, 0.6) is 0 Å². The van der Waals surface area contributed by atoms with E-state index in [1.54, 1.807) is 0 Å². The average Bonchev–Trinajstić information content (AvgIpc) is 2.80. The lowest BCUT2D eigenvalue weighted by atomic mass is 10.1. The van der Waals surface area contributed by atoms with Crippen molar-refractivity contribution in [1.29, 1.82) is 0 Å². The molecule has 0 bridgehead atoms. The summed E-state index contributed by atoms with van der Waals surface area (Å²) in [7, 11) is 1.47. The maximum Gasteiger partial charge on any atom is 0.351 e. The van der Waals surface area contributed by atoms with Gasteiger partial charge in [0.2, 0.25) is 5.91 Å². The number of aromatic nitrogens is 2. The molecular formula is C16H26N3O5P. The molecule has 1 aliphatic rings. The number of hydrogen-bond donors (Lipinski definition) is 2. The summed E-state index contributed by atoms with van der Waals surface area (Å²) in [5.74, 6) is -0.146. The minimum absolute atomic E-state index is 0.168. The zero-order valence-electron chi connectivity index (χ0n) is 15.0. The van der Waals surface area contributed by atoms with Crippen molar-refractivity contribution in [3.05, 3.63) is 22.7 Å². The van der Waals surface area contributed by atoms with E-state index in [0.717, 1.165) is 6.16 Å². The van der Waals surface area contributed by atoms with Crippen LogP contribution in [-0.4, -0.2) is 71.8 Å². The van der Waals surface area contributed by atoms with Crippen LogP contribution < -0.4 is 11.0 Å². The lowest BCUT2D eigenvalue weighted by molar-refractivity contribution is -0.114. The molecule has 2 N–H and O–H groups in total. The van der Waals surface area contributed by atoms with E-state index in [-0.39, 0.29) is 11.7 Å². The summed E-state index contributed by atoms with van der Waals surface area (Å²) < 4.78 is 12.5. The summed E-state index contributed by atoms with van der Waals surface area (Å²) in [6, 6.07) is 1.50. The first-order chi connectivity index (χ1) is 11.6. The normalized spacial score (nSPS) is 26.6. The topological polar surface area (TPSA) is 103 Å². The maximum absolute atomic E-state index is 12.3. The molecule has 0 spiro atoms. The Labute approximate surface area is 147 Å². The molecule has 1 unspecified atom stereocenters. The molecule has 1 amide bonds. The van der Waals surface area contributed by atoms with Crippen LogP contribution in [0, 0.1) is 0 Å². The summed E-state index contributed by atoms with van der Waals surface area (Å²) in [4.78, 5) is 27.2. The second kappa shape index (κ2) is 7.83. The Hall–Kier alpha value is -1.47. The van der Waals surface area contributed by atoms with E-state index in [2.05, 4.69) is 29.9 Å². The van der Waals surface area contributed by atoms with Crippen molar-refractivity contribution in [3.63, 3.8) is 0 Å². The molecule has 140 valence electrons. The van der Waals surface area contributed by atoms with Gasteiger partial charge in [0.25, 0.3) is 0 Å². The Kier molecular flexibility index (Phi) is 6.21. The smallest absolute Gasteiger partial charge is 0.351 e. The lowest BCUT2D eigenvalue weighted by Gasteiger charge is -2.20. The number of ether oxygens (including phenoxy) is 2. The first kappa shape index (κ1) is 19.8. The molecule has 25 heavy (non-hydrogen) atoms. The lowest BCUT2D eigenvalue weighted by Crippen LogP contribution is -2.37. The zero-order valence-corrected chi connectivity index (χ0v) is 15.9. The highest BCUT2D eigenvalue weighted by Gasteiger charge is 2.45. The van der Waals surface area contributed by atoms with Crippen LogP contribution in [-0.2, 0) is 14.3 Å². The third-order valence-electron chi connectivity index (χ3n) is 4.01. The van der Waals surface area contributed by atoms with Gasteiger partial charge in [0.05, 0.1) is 6.10 Å². The third kappa shape index (κ3) is 5.01. The van der Waals surface area contributed by atoms with E-state index >= 15 is 0 Å². The van der Waals surface area contributed by atoms with Crippen molar-refractivity contribution in [1.82, 2.24) is 9.55 Å². The summed E-state index contributed by atoms with van der Waals surface area (Å²) >= 11 is 0. The molecule has 1 fully saturated rings. The van der Waals surface area contributed by atoms with E-state index in [1.807, 2.05) is 0 Å². The molecule has 1 aromatic rings. The molecule has 2 heterocycles. The number of carbonyl (C=O) groups is 1. The molecule has 4 atom stereocenters. The van der Waals surface area contributed by atoms with E-state index in [9.17, 15) is 14.7 Å². The van der Waals surface area contributed by atoms with Gasteiger partial charge in [-0.25, -0.2) is 4.79 Å². The van der Waals surface area contributed by atoms with Gasteiger partial charge >= 0.3 is 5.69 Å². The van der Waals surface area contributed by atoms with Crippen molar-refractivity contribution in [3.8, 4) is 0 Å². The number of anilines is 1. The summed E-state index contributed by atoms with van der Waals surface area (Å²) in [5.41, 5.74) is -0.587. The van der Waals surface area contributed by atoms with Gasteiger partial charge in [-0.1, -0.05) is 0 Å². The van der Waals surface area contributed by atoms with Crippen LogP contribution in [0.2, 0.25) is 0 Å². The van der Waals surface area contributed by atoms with Crippen LogP contribution in [0.15, 0.2) is 17.1 Å². The van der Waals surface area contributed by atoms with Crippen LogP contribution in [0.25, 0.3) is 0 Å². The largest absolute Gasteiger partial charge is 0.388 e.